The first-order valence-electron chi connectivity index (χ1n) is 11.2. The predicted octanol–water partition coefficient (Wildman–Crippen LogP) is 0.481. The maximum absolute atomic E-state index is 12.5. The van der Waals surface area contributed by atoms with Crippen LogP contribution in [0.25, 0.3) is 0 Å². The average molecular weight is 506 g/mol. The summed E-state index contributed by atoms with van der Waals surface area (Å²) in [6.45, 7) is -0.161. The number of imide groups is 2. The van der Waals surface area contributed by atoms with Gasteiger partial charge in [-0.3, -0.25) is 29.0 Å². The van der Waals surface area contributed by atoms with Crippen molar-refractivity contribution in [1.29, 1.82) is 0 Å². The molecule has 13 nitrogen and oxygen atoms in total. The lowest BCUT2D eigenvalue weighted by Gasteiger charge is -2.21. The molecule has 186 valence electrons. The summed E-state index contributed by atoms with van der Waals surface area (Å²) in [5.41, 5.74) is 1.00. The molecule has 3 N–H and O–H groups in total. The van der Waals surface area contributed by atoms with Gasteiger partial charge in [-0.05, 0) is 24.8 Å². The maximum atomic E-state index is 12.5. The van der Waals surface area contributed by atoms with Crippen LogP contribution >= 0.6 is 7.87 Å². The van der Waals surface area contributed by atoms with Crippen LogP contribution < -0.4 is 15.7 Å². The van der Waals surface area contributed by atoms with Gasteiger partial charge in [0.1, 0.15) is 0 Å². The minimum Gasteiger partial charge on any atom is -0.316 e. The van der Waals surface area contributed by atoms with E-state index in [9.17, 15) is 28.8 Å². The largest absolute Gasteiger partial charge is 0.478 e. The molecule has 6 amide bonds. The van der Waals surface area contributed by atoms with Crippen LogP contribution in [0.15, 0.2) is 35.7 Å². The highest BCUT2D eigenvalue weighted by atomic mass is 31.2. The van der Waals surface area contributed by atoms with Crippen LogP contribution in [0.5, 0.6) is 0 Å². The van der Waals surface area contributed by atoms with Gasteiger partial charge in [-0.2, -0.15) is 0 Å². The number of nitrogens with zero attached hydrogens (tertiary/aromatic N) is 2. The Balaban J connectivity index is 1.32. The van der Waals surface area contributed by atoms with E-state index in [0.717, 1.165) is 65.4 Å². The van der Waals surface area contributed by atoms with Crippen LogP contribution in [-0.2, 0) is 28.2 Å². The zero-order chi connectivity index (χ0) is 25.0. The Kier molecular flexibility index (Phi) is 7.27. The Morgan fingerprint density at radius 2 is 1.34 bits per heavy atom. The van der Waals surface area contributed by atoms with Crippen LogP contribution in [0.3, 0.4) is 0 Å². The first-order valence-corrected chi connectivity index (χ1v) is 12.9. The molecule has 0 saturated heterocycles. The van der Waals surface area contributed by atoms with Gasteiger partial charge in [-0.1, -0.05) is 6.42 Å². The summed E-state index contributed by atoms with van der Waals surface area (Å²) in [5.74, 6) is -0.186. The highest BCUT2D eigenvalue weighted by Crippen LogP contribution is 2.65. The second-order valence-electron chi connectivity index (χ2n) is 8.16. The van der Waals surface area contributed by atoms with Crippen LogP contribution in [0.1, 0.15) is 25.7 Å². The predicted molar refractivity (Wildman–Crippen MR) is 121 cm³/mol. The summed E-state index contributed by atoms with van der Waals surface area (Å²) in [6, 6.07) is -0.0745. The van der Waals surface area contributed by atoms with E-state index in [-0.39, 0.29) is 32.2 Å². The summed E-state index contributed by atoms with van der Waals surface area (Å²) in [4.78, 5) is 73.4. The highest BCUT2D eigenvalue weighted by molar-refractivity contribution is 7.69. The number of carbonyl (C=O) groups excluding carboxylic acids is 6. The van der Waals surface area contributed by atoms with Gasteiger partial charge >= 0.3 is 20.1 Å². The number of hydrogen-bond acceptors (Lipinski definition) is 9. The third-order valence-corrected chi connectivity index (χ3v) is 7.99. The fraction of sp³-hybridized carbons (Fsp3) is 0.429. The van der Waals surface area contributed by atoms with E-state index in [0.29, 0.717) is 0 Å². The van der Waals surface area contributed by atoms with E-state index in [1.54, 1.807) is 5.82 Å². The molecule has 3 heterocycles. The Bertz CT molecular complexity index is 956. The van der Waals surface area contributed by atoms with Gasteiger partial charge < -0.3 is 10.6 Å². The maximum Gasteiger partial charge on any atom is 0.478 e. The minimum atomic E-state index is -3.30. The molecule has 1 aliphatic carbocycles. The third-order valence-electron chi connectivity index (χ3n) is 5.78. The Labute approximate surface area is 201 Å². The summed E-state index contributed by atoms with van der Waals surface area (Å²) in [6.07, 6.45) is 6.39. The van der Waals surface area contributed by atoms with E-state index in [1.165, 1.54) is 0 Å². The van der Waals surface area contributed by atoms with Gasteiger partial charge in [0.05, 0.1) is 6.04 Å². The van der Waals surface area contributed by atoms with E-state index in [2.05, 4.69) is 15.7 Å². The Morgan fingerprint density at radius 1 is 0.857 bits per heavy atom. The number of nitrogens with one attached hydrogen (secondary N) is 3. The molecule has 4 rings (SSSR count). The van der Waals surface area contributed by atoms with Crippen molar-refractivity contribution in [2.45, 2.75) is 31.7 Å². The lowest BCUT2D eigenvalue weighted by molar-refractivity contribution is -0.138. The molecule has 0 bridgehead atoms. The molecule has 14 heteroatoms. The van der Waals surface area contributed by atoms with Crippen LogP contribution in [0.2, 0.25) is 0 Å². The van der Waals surface area contributed by atoms with Crippen molar-refractivity contribution in [3.8, 4) is 0 Å². The molecule has 0 aromatic carbocycles. The molecule has 0 unspecified atom stereocenters. The van der Waals surface area contributed by atoms with Crippen LogP contribution in [-0.4, -0.2) is 77.8 Å². The van der Waals surface area contributed by atoms with Gasteiger partial charge in [0.15, 0.2) is 5.82 Å². The van der Waals surface area contributed by atoms with E-state index < -0.39 is 43.7 Å². The zero-order valence-corrected chi connectivity index (χ0v) is 19.6. The van der Waals surface area contributed by atoms with Gasteiger partial charge in [0, 0.05) is 50.5 Å². The standard InChI is InChI=1S/C21H24N5O8P/c27-16-5-6-17(28)25(16)11-9-22-20(31)33-35(13-14-3-1-2-4-15(14)24-35)34-21(32)23-10-12-26-18(29)7-8-19(26)30/h5-8,13,15,24H,1-4,9-12H2,(H-,22,23,31,32)/p+1/t15-/m1/s1. The molecule has 1 fully saturated rings. The van der Waals surface area contributed by atoms with Gasteiger partial charge in [0.25, 0.3) is 23.6 Å². The molecule has 35 heavy (non-hydrogen) atoms. The number of rotatable bonds is 8. The zero-order valence-electron chi connectivity index (χ0n) is 18.7. The molecular weight excluding hydrogens is 481 g/mol. The Morgan fingerprint density at radius 3 is 1.80 bits per heavy atom. The summed E-state index contributed by atoms with van der Waals surface area (Å²) in [5, 5.41) is 8.09. The minimum absolute atomic E-state index is 0.0352. The summed E-state index contributed by atoms with van der Waals surface area (Å²) < 4.78 is 11.1. The molecule has 0 radical (unpaired) electrons. The first-order chi connectivity index (χ1) is 16.8. The molecular formula is C21H25N5O8P+. The molecule has 3 aliphatic heterocycles. The highest BCUT2D eigenvalue weighted by Gasteiger charge is 2.56. The summed E-state index contributed by atoms with van der Waals surface area (Å²) >= 11 is 0. The monoisotopic (exact) mass is 506 g/mol. The van der Waals surface area contributed by atoms with Gasteiger partial charge in [-0.25, -0.2) is 18.6 Å². The van der Waals surface area contributed by atoms with Crippen molar-refractivity contribution in [2.75, 3.05) is 26.2 Å². The SMILES string of the molecule is O=C(NCCN1C(=O)C=CC1=O)O[P+]1(OC(=O)NCCN2C(=O)C=CC2=O)C=C2CCCC[C@H]2N1. The molecule has 0 aromatic rings. The third kappa shape index (κ3) is 5.75. The molecule has 4 aliphatic rings. The van der Waals surface area contributed by atoms with Crippen LogP contribution in [0.4, 0.5) is 9.59 Å². The van der Waals surface area contributed by atoms with Gasteiger partial charge in [-0.15, -0.1) is 5.09 Å². The Hall–Kier alpha value is -3.57. The topological polar surface area (TPSA) is 163 Å². The van der Waals surface area contributed by atoms with E-state index in [1.807, 2.05) is 0 Å². The lowest BCUT2D eigenvalue weighted by atomic mass is 9.92. The molecule has 0 spiro atoms. The fourth-order valence-corrected chi connectivity index (χ4v) is 6.51. The van der Waals surface area contributed by atoms with Crippen molar-refractivity contribution in [3.63, 3.8) is 0 Å². The number of fused-ring (bicyclic) bond motifs is 1. The normalized spacial score (nSPS) is 22.4. The average Bonchev–Trinajstić information content (AvgIpc) is 3.44. The molecule has 1 atom stereocenters. The number of carbonyl (C=O) groups is 6. The number of amides is 6. The molecule has 1 saturated carbocycles. The smallest absolute Gasteiger partial charge is 0.316 e. The fourth-order valence-electron chi connectivity index (χ4n) is 4.09. The molecule has 0 aromatic heterocycles. The second kappa shape index (κ2) is 10.4. The van der Waals surface area contributed by atoms with Gasteiger partial charge in [0.2, 0.25) is 0 Å². The van der Waals surface area contributed by atoms with E-state index >= 15 is 0 Å². The quantitative estimate of drug-likeness (QED) is 0.314. The van der Waals surface area contributed by atoms with E-state index in [4.69, 9.17) is 9.05 Å². The number of hydrogen-bond donors (Lipinski definition) is 3. The van der Waals surface area contributed by atoms with Crippen molar-refractivity contribution in [3.05, 3.63) is 35.7 Å². The lowest BCUT2D eigenvalue weighted by Crippen LogP contribution is -2.40. The first kappa shape index (κ1) is 24.6. The van der Waals surface area contributed by atoms with Crippen LogP contribution in [0, 0.1) is 0 Å². The van der Waals surface area contributed by atoms with Crippen molar-refractivity contribution in [1.82, 2.24) is 25.5 Å². The van der Waals surface area contributed by atoms with Crippen molar-refractivity contribution < 1.29 is 37.8 Å². The summed E-state index contributed by atoms with van der Waals surface area (Å²) in [7, 11) is -3.30. The van der Waals surface area contributed by atoms with Crippen molar-refractivity contribution >= 4 is 43.7 Å². The second-order valence-corrected chi connectivity index (χ2v) is 10.2. The van der Waals surface area contributed by atoms with Crippen molar-refractivity contribution in [2.24, 2.45) is 0 Å².